The van der Waals surface area contributed by atoms with Gasteiger partial charge in [-0.2, -0.15) is 0 Å². The summed E-state index contributed by atoms with van der Waals surface area (Å²) in [6.45, 7) is 1.21. The lowest BCUT2D eigenvalue weighted by Gasteiger charge is -2.09. The smallest absolute Gasteiger partial charge is 0.207 e. The number of epoxide rings is 1. The number of halogens is 1. The van der Waals surface area contributed by atoms with E-state index < -0.39 is 9.84 Å². The Labute approximate surface area is 131 Å². The largest absolute Gasteiger partial charge is 0.491 e. The van der Waals surface area contributed by atoms with E-state index in [-0.39, 0.29) is 15.9 Å². The quantitative estimate of drug-likeness (QED) is 0.761. The molecule has 2 aromatic rings. The molecule has 4 nitrogen and oxygen atoms in total. The van der Waals surface area contributed by atoms with Gasteiger partial charge in [-0.05, 0) is 46.3 Å². The van der Waals surface area contributed by atoms with Crippen LogP contribution in [-0.2, 0) is 14.6 Å². The Balaban J connectivity index is 1.88. The Kier molecular flexibility index (Phi) is 4.01. The van der Waals surface area contributed by atoms with E-state index in [2.05, 4.69) is 15.9 Å². The average molecular weight is 369 g/mol. The highest BCUT2D eigenvalue weighted by Crippen LogP contribution is 2.31. The van der Waals surface area contributed by atoms with Crippen LogP contribution in [0.4, 0.5) is 0 Å². The van der Waals surface area contributed by atoms with Crippen LogP contribution >= 0.6 is 15.9 Å². The van der Waals surface area contributed by atoms with Gasteiger partial charge in [0.25, 0.3) is 0 Å². The van der Waals surface area contributed by atoms with Gasteiger partial charge in [-0.3, -0.25) is 0 Å². The summed E-state index contributed by atoms with van der Waals surface area (Å²) >= 11 is 3.31. The van der Waals surface area contributed by atoms with Crippen molar-refractivity contribution in [2.75, 3.05) is 13.2 Å². The SMILES string of the molecule is O=S(=O)(c1ccccc1)c1ccc(OCC2CO2)cc1Br. The minimum absolute atomic E-state index is 0.163. The molecule has 0 amide bonds. The Hall–Kier alpha value is -1.37. The third-order valence-electron chi connectivity index (χ3n) is 3.08. The van der Waals surface area contributed by atoms with E-state index in [1.54, 1.807) is 48.5 Å². The van der Waals surface area contributed by atoms with Gasteiger partial charge in [-0.15, -0.1) is 0 Å². The molecule has 0 aliphatic carbocycles. The van der Waals surface area contributed by atoms with Crippen molar-refractivity contribution in [1.82, 2.24) is 0 Å². The molecule has 0 N–H and O–H groups in total. The van der Waals surface area contributed by atoms with E-state index in [1.165, 1.54) is 0 Å². The average Bonchev–Trinajstić information content (AvgIpc) is 3.30. The molecule has 1 unspecified atom stereocenters. The minimum atomic E-state index is -3.53. The van der Waals surface area contributed by atoms with Crippen molar-refractivity contribution in [3.05, 3.63) is 53.0 Å². The van der Waals surface area contributed by atoms with E-state index in [9.17, 15) is 8.42 Å². The molecule has 1 saturated heterocycles. The summed E-state index contributed by atoms with van der Waals surface area (Å²) < 4.78 is 36.2. The summed E-state index contributed by atoms with van der Waals surface area (Å²) in [5.41, 5.74) is 0. The van der Waals surface area contributed by atoms with Crippen molar-refractivity contribution in [2.24, 2.45) is 0 Å². The number of hydrogen-bond donors (Lipinski definition) is 0. The molecule has 0 radical (unpaired) electrons. The lowest BCUT2D eigenvalue weighted by Crippen LogP contribution is -2.06. The van der Waals surface area contributed by atoms with Gasteiger partial charge < -0.3 is 9.47 Å². The minimum Gasteiger partial charge on any atom is -0.491 e. The standard InChI is InChI=1S/C15H13BrO4S/c16-14-8-11(19-9-12-10-20-12)6-7-15(14)21(17,18)13-4-2-1-3-5-13/h1-8,12H,9-10H2. The van der Waals surface area contributed by atoms with Crippen molar-refractivity contribution in [2.45, 2.75) is 15.9 Å². The molecule has 6 heteroatoms. The van der Waals surface area contributed by atoms with Gasteiger partial charge in [-0.25, -0.2) is 8.42 Å². The zero-order valence-corrected chi connectivity index (χ0v) is 13.4. The van der Waals surface area contributed by atoms with Crippen molar-refractivity contribution < 1.29 is 17.9 Å². The maximum absolute atomic E-state index is 12.6. The van der Waals surface area contributed by atoms with Crippen molar-refractivity contribution in [3.8, 4) is 5.75 Å². The van der Waals surface area contributed by atoms with Crippen LogP contribution in [0.15, 0.2) is 62.8 Å². The number of benzene rings is 2. The predicted molar refractivity (Wildman–Crippen MR) is 81.3 cm³/mol. The fourth-order valence-corrected chi connectivity index (χ4v) is 4.20. The molecular formula is C15H13BrO4S. The highest BCUT2D eigenvalue weighted by Gasteiger charge is 2.24. The Morgan fingerprint density at radius 2 is 1.90 bits per heavy atom. The molecule has 0 aromatic heterocycles. The van der Waals surface area contributed by atoms with Crippen LogP contribution in [0.3, 0.4) is 0 Å². The highest BCUT2D eigenvalue weighted by atomic mass is 79.9. The summed E-state index contributed by atoms with van der Waals surface area (Å²) in [7, 11) is -3.53. The lowest BCUT2D eigenvalue weighted by molar-refractivity contribution is 0.263. The number of hydrogen-bond acceptors (Lipinski definition) is 4. The summed E-state index contributed by atoms with van der Waals surface area (Å²) in [5, 5.41) is 0. The molecule has 2 aromatic carbocycles. The molecule has 0 saturated carbocycles. The second kappa shape index (κ2) is 5.79. The van der Waals surface area contributed by atoms with E-state index in [0.717, 1.165) is 6.61 Å². The molecule has 3 rings (SSSR count). The predicted octanol–water partition coefficient (Wildman–Crippen LogP) is 3.06. The zero-order valence-electron chi connectivity index (χ0n) is 11.0. The topological polar surface area (TPSA) is 55.9 Å². The van der Waals surface area contributed by atoms with Crippen LogP contribution in [0.1, 0.15) is 0 Å². The molecule has 21 heavy (non-hydrogen) atoms. The van der Waals surface area contributed by atoms with Gasteiger partial charge >= 0.3 is 0 Å². The van der Waals surface area contributed by atoms with Gasteiger partial charge in [0.1, 0.15) is 18.5 Å². The Bertz CT molecular complexity index is 740. The molecule has 110 valence electrons. The first-order valence-corrected chi connectivity index (χ1v) is 8.69. The third kappa shape index (κ3) is 3.28. The van der Waals surface area contributed by atoms with Crippen LogP contribution in [0.2, 0.25) is 0 Å². The lowest BCUT2D eigenvalue weighted by atomic mass is 10.3. The van der Waals surface area contributed by atoms with Gasteiger partial charge in [-0.1, -0.05) is 18.2 Å². The van der Waals surface area contributed by atoms with Crippen LogP contribution in [0.25, 0.3) is 0 Å². The van der Waals surface area contributed by atoms with Crippen LogP contribution < -0.4 is 4.74 Å². The van der Waals surface area contributed by atoms with E-state index in [4.69, 9.17) is 9.47 Å². The summed E-state index contributed by atoms with van der Waals surface area (Å²) in [4.78, 5) is 0.495. The van der Waals surface area contributed by atoms with Crippen LogP contribution in [0.5, 0.6) is 5.75 Å². The first-order valence-electron chi connectivity index (χ1n) is 6.41. The molecule has 0 bridgehead atoms. The number of sulfone groups is 1. The first kappa shape index (κ1) is 14.6. The summed E-state index contributed by atoms with van der Waals surface area (Å²) in [5.74, 6) is 0.615. The second-order valence-corrected chi connectivity index (χ2v) is 7.45. The molecular weight excluding hydrogens is 356 g/mol. The molecule has 1 atom stereocenters. The van der Waals surface area contributed by atoms with Gasteiger partial charge in [0, 0.05) is 4.47 Å². The van der Waals surface area contributed by atoms with Crippen LogP contribution in [0, 0.1) is 0 Å². The van der Waals surface area contributed by atoms with Gasteiger partial charge in [0.05, 0.1) is 16.4 Å². The molecule has 0 spiro atoms. The molecule has 1 aliphatic rings. The highest BCUT2D eigenvalue weighted by molar-refractivity contribution is 9.10. The Morgan fingerprint density at radius 3 is 2.52 bits per heavy atom. The number of rotatable bonds is 5. The summed E-state index contributed by atoms with van der Waals surface area (Å²) in [6.07, 6.45) is 0.163. The summed E-state index contributed by atoms with van der Waals surface area (Å²) in [6, 6.07) is 13.2. The van der Waals surface area contributed by atoms with E-state index in [1.807, 2.05) is 0 Å². The van der Waals surface area contributed by atoms with Gasteiger partial charge in [0.2, 0.25) is 9.84 Å². The zero-order chi connectivity index (χ0) is 14.9. The number of ether oxygens (including phenoxy) is 2. The van der Waals surface area contributed by atoms with E-state index in [0.29, 0.717) is 16.8 Å². The normalized spacial score (nSPS) is 17.5. The van der Waals surface area contributed by atoms with Crippen LogP contribution in [-0.4, -0.2) is 27.7 Å². The van der Waals surface area contributed by atoms with E-state index >= 15 is 0 Å². The maximum atomic E-state index is 12.6. The first-order chi connectivity index (χ1) is 10.1. The molecule has 1 fully saturated rings. The van der Waals surface area contributed by atoms with Crippen molar-refractivity contribution >= 4 is 25.8 Å². The fourth-order valence-electron chi connectivity index (χ4n) is 1.87. The van der Waals surface area contributed by atoms with Crippen molar-refractivity contribution in [1.29, 1.82) is 0 Å². The Morgan fingerprint density at radius 1 is 1.19 bits per heavy atom. The van der Waals surface area contributed by atoms with Crippen molar-refractivity contribution in [3.63, 3.8) is 0 Å². The van der Waals surface area contributed by atoms with Gasteiger partial charge in [0.15, 0.2) is 0 Å². The maximum Gasteiger partial charge on any atom is 0.207 e. The second-order valence-electron chi connectivity index (χ2n) is 4.68. The monoisotopic (exact) mass is 368 g/mol. The fraction of sp³-hybridized carbons (Fsp3) is 0.200. The molecule has 1 aliphatic heterocycles. The third-order valence-corrected chi connectivity index (χ3v) is 5.83. The molecule has 1 heterocycles.